The van der Waals surface area contributed by atoms with Gasteiger partial charge in [0.2, 0.25) is 9.84 Å². The zero-order valence-corrected chi connectivity index (χ0v) is 16.3. The maximum Gasteiger partial charge on any atom is 0.308 e. The van der Waals surface area contributed by atoms with Gasteiger partial charge < -0.3 is 9.47 Å². The molecule has 2 aromatic rings. The van der Waals surface area contributed by atoms with E-state index in [1.807, 2.05) is 0 Å². The molecule has 8 heteroatoms. The molecule has 134 valence electrons. The Morgan fingerprint density at radius 1 is 1.23 bits per heavy atom. The Labute approximate surface area is 159 Å². The van der Waals surface area contributed by atoms with Gasteiger partial charge in [0.25, 0.3) is 0 Å². The number of carbonyl (C=O) groups excluding carboxylic acids is 1. The molecule has 0 aliphatic rings. The lowest BCUT2D eigenvalue weighted by Gasteiger charge is -2.11. The molecule has 0 bridgehead atoms. The number of nitriles is 1. The molecule has 0 spiro atoms. The highest BCUT2D eigenvalue weighted by Gasteiger charge is 2.21. The van der Waals surface area contributed by atoms with Crippen LogP contribution in [0.15, 0.2) is 56.7 Å². The molecule has 0 unspecified atom stereocenters. The van der Waals surface area contributed by atoms with Crippen molar-refractivity contribution in [1.29, 1.82) is 5.26 Å². The number of ether oxygens (including phenoxy) is 2. The minimum absolute atomic E-state index is 0.0235. The number of carbonyl (C=O) groups is 1. The molecule has 0 aliphatic heterocycles. The molecule has 0 saturated heterocycles. The van der Waals surface area contributed by atoms with E-state index >= 15 is 0 Å². The molecule has 0 amide bonds. The van der Waals surface area contributed by atoms with Crippen LogP contribution in [0.2, 0.25) is 0 Å². The van der Waals surface area contributed by atoms with E-state index in [0.717, 1.165) is 0 Å². The fourth-order valence-electron chi connectivity index (χ4n) is 2.11. The molecule has 0 heterocycles. The third-order valence-electron chi connectivity index (χ3n) is 3.25. The first-order chi connectivity index (χ1) is 12.3. The van der Waals surface area contributed by atoms with E-state index in [1.54, 1.807) is 24.3 Å². The van der Waals surface area contributed by atoms with Gasteiger partial charge in [0.15, 0.2) is 11.5 Å². The van der Waals surface area contributed by atoms with Crippen LogP contribution in [0.25, 0.3) is 6.08 Å². The Bertz CT molecular complexity index is 1010. The summed E-state index contributed by atoms with van der Waals surface area (Å²) in [4.78, 5) is 10.8. The molecule has 26 heavy (non-hydrogen) atoms. The number of halogens is 1. The highest BCUT2D eigenvalue weighted by atomic mass is 79.9. The van der Waals surface area contributed by atoms with Gasteiger partial charge in [-0.1, -0.05) is 18.2 Å². The number of sulfone groups is 1. The molecule has 0 atom stereocenters. The van der Waals surface area contributed by atoms with Gasteiger partial charge in [0, 0.05) is 6.92 Å². The van der Waals surface area contributed by atoms with E-state index in [0.29, 0.717) is 10.0 Å². The average Bonchev–Trinajstić information content (AvgIpc) is 2.61. The van der Waals surface area contributed by atoms with Crippen molar-refractivity contribution in [1.82, 2.24) is 0 Å². The minimum Gasteiger partial charge on any atom is -0.493 e. The summed E-state index contributed by atoms with van der Waals surface area (Å²) in [6.45, 7) is 1.25. The van der Waals surface area contributed by atoms with Crippen molar-refractivity contribution in [2.75, 3.05) is 7.11 Å². The molecule has 2 aromatic carbocycles. The summed E-state index contributed by atoms with van der Waals surface area (Å²) in [5, 5.41) is 9.34. The SMILES string of the molecule is COc1cc(C=C(C#N)S(=O)(=O)c2ccccc2)cc(Br)c1OC(C)=O. The van der Waals surface area contributed by atoms with Crippen LogP contribution in [0, 0.1) is 11.3 Å². The van der Waals surface area contributed by atoms with Gasteiger partial charge in [-0.3, -0.25) is 4.79 Å². The summed E-state index contributed by atoms with van der Waals surface area (Å²) in [7, 11) is -2.57. The number of allylic oxidation sites excluding steroid dienone is 1. The van der Waals surface area contributed by atoms with E-state index in [1.165, 1.54) is 44.4 Å². The Morgan fingerprint density at radius 3 is 2.42 bits per heavy atom. The predicted octanol–water partition coefficient (Wildman–Crippen LogP) is 3.72. The number of hydrogen-bond donors (Lipinski definition) is 0. The lowest BCUT2D eigenvalue weighted by molar-refractivity contribution is -0.132. The van der Waals surface area contributed by atoms with E-state index in [4.69, 9.17) is 9.47 Å². The molecule has 0 radical (unpaired) electrons. The quantitative estimate of drug-likeness (QED) is 0.403. The van der Waals surface area contributed by atoms with Crippen molar-refractivity contribution in [2.24, 2.45) is 0 Å². The number of hydrogen-bond acceptors (Lipinski definition) is 6. The molecule has 0 saturated carbocycles. The highest BCUT2D eigenvalue weighted by molar-refractivity contribution is 9.10. The molecule has 2 rings (SSSR count). The molecule has 0 fully saturated rings. The van der Waals surface area contributed by atoms with Gasteiger partial charge >= 0.3 is 5.97 Å². The number of methoxy groups -OCH3 is 1. The smallest absolute Gasteiger partial charge is 0.308 e. The topological polar surface area (TPSA) is 93.5 Å². The van der Waals surface area contributed by atoms with Gasteiger partial charge in [0.1, 0.15) is 11.0 Å². The predicted molar refractivity (Wildman–Crippen MR) is 99.2 cm³/mol. The van der Waals surface area contributed by atoms with Gasteiger partial charge in [-0.05, 0) is 51.8 Å². The highest BCUT2D eigenvalue weighted by Crippen LogP contribution is 2.37. The monoisotopic (exact) mass is 435 g/mol. The zero-order chi connectivity index (χ0) is 19.3. The van der Waals surface area contributed by atoms with Gasteiger partial charge in [-0.2, -0.15) is 5.26 Å². The van der Waals surface area contributed by atoms with Crippen LogP contribution in [0.1, 0.15) is 12.5 Å². The molecule has 6 nitrogen and oxygen atoms in total. The Morgan fingerprint density at radius 2 is 1.88 bits per heavy atom. The van der Waals surface area contributed by atoms with Crippen LogP contribution < -0.4 is 9.47 Å². The second-order valence-electron chi connectivity index (χ2n) is 5.06. The summed E-state index contributed by atoms with van der Waals surface area (Å²) in [6.07, 6.45) is 1.23. The lowest BCUT2D eigenvalue weighted by atomic mass is 10.2. The first-order valence-corrected chi connectivity index (χ1v) is 9.55. The maximum atomic E-state index is 12.6. The summed E-state index contributed by atoms with van der Waals surface area (Å²) in [6, 6.07) is 12.4. The van der Waals surface area contributed by atoms with E-state index < -0.39 is 20.7 Å². The third-order valence-corrected chi connectivity index (χ3v) is 5.52. The molecular weight excluding hydrogens is 422 g/mol. The van der Waals surface area contributed by atoms with E-state index in [2.05, 4.69) is 15.9 Å². The van der Waals surface area contributed by atoms with Crippen molar-refractivity contribution >= 4 is 37.8 Å². The Kier molecular flexibility index (Phi) is 6.18. The van der Waals surface area contributed by atoms with Gasteiger partial charge in [0.05, 0.1) is 16.5 Å². The Balaban J connectivity index is 2.55. The summed E-state index contributed by atoms with van der Waals surface area (Å²) < 4.78 is 35.9. The van der Waals surface area contributed by atoms with Crippen LogP contribution in [0.5, 0.6) is 11.5 Å². The van der Waals surface area contributed by atoms with Crippen molar-refractivity contribution in [3.63, 3.8) is 0 Å². The largest absolute Gasteiger partial charge is 0.493 e. The first-order valence-electron chi connectivity index (χ1n) is 7.27. The van der Waals surface area contributed by atoms with Crippen molar-refractivity contribution in [3.8, 4) is 17.6 Å². The van der Waals surface area contributed by atoms with Crippen LogP contribution in [-0.2, 0) is 14.6 Å². The fourth-order valence-corrected chi connectivity index (χ4v) is 3.84. The zero-order valence-electron chi connectivity index (χ0n) is 13.9. The van der Waals surface area contributed by atoms with Crippen molar-refractivity contribution < 1.29 is 22.7 Å². The number of benzene rings is 2. The number of nitrogens with zero attached hydrogens (tertiary/aromatic N) is 1. The Hall–Kier alpha value is -2.63. The first kappa shape index (κ1) is 19.7. The fraction of sp³-hybridized carbons (Fsp3) is 0.111. The van der Waals surface area contributed by atoms with Gasteiger partial charge in [-0.15, -0.1) is 0 Å². The summed E-state index contributed by atoms with van der Waals surface area (Å²) in [5.74, 6) is -0.145. The van der Waals surface area contributed by atoms with Crippen LogP contribution in [0.4, 0.5) is 0 Å². The standard InChI is InChI=1S/C18H14BrNO5S/c1-12(21)25-18-16(19)9-13(10-17(18)24-2)8-15(11-20)26(22,23)14-6-4-3-5-7-14/h3-10H,1-2H3. The van der Waals surface area contributed by atoms with Crippen molar-refractivity contribution in [3.05, 3.63) is 57.4 Å². The second kappa shape index (κ2) is 8.17. The average molecular weight is 436 g/mol. The van der Waals surface area contributed by atoms with E-state index in [-0.39, 0.29) is 16.4 Å². The van der Waals surface area contributed by atoms with E-state index in [9.17, 15) is 18.5 Å². The molecule has 0 N–H and O–H groups in total. The normalized spacial score (nSPS) is 11.5. The number of rotatable bonds is 5. The summed E-state index contributed by atoms with van der Waals surface area (Å²) >= 11 is 3.26. The van der Waals surface area contributed by atoms with Crippen LogP contribution in [-0.4, -0.2) is 21.5 Å². The van der Waals surface area contributed by atoms with Gasteiger partial charge in [-0.25, -0.2) is 8.42 Å². The molecule has 0 aliphatic carbocycles. The van der Waals surface area contributed by atoms with Crippen LogP contribution >= 0.6 is 15.9 Å². The minimum atomic E-state index is -3.95. The third kappa shape index (κ3) is 4.31. The van der Waals surface area contributed by atoms with Crippen LogP contribution in [0.3, 0.4) is 0 Å². The van der Waals surface area contributed by atoms with Crippen molar-refractivity contribution in [2.45, 2.75) is 11.8 Å². The number of esters is 1. The maximum absolute atomic E-state index is 12.6. The summed E-state index contributed by atoms with van der Waals surface area (Å²) in [5.41, 5.74) is 0.390. The molecular formula is C18H14BrNO5S. The lowest BCUT2D eigenvalue weighted by Crippen LogP contribution is -2.05. The second-order valence-corrected chi connectivity index (χ2v) is 7.84. The molecule has 0 aromatic heterocycles.